The van der Waals surface area contributed by atoms with Gasteiger partial charge in [-0.3, -0.25) is 4.79 Å². The minimum absolute atomic E-state index is 0.105. The Morgan fingerprint density at radius 2 is 1.76 bits per heavy atom. The van der Waals surface area contributed by atoms with Crippen LogP contribution in [0.2, 0.25) is 10.0 Å². The standard InChI is InChI=1S/C19H18Cl2F3N3O5S/c1-3-27(4-2)33(30,31)12-5-6-14(20)13(8-12)18(29)32-10-16(28)26-17-15(21)7-11(9-25-17)19(22,23)24/h5-9H,3-4,10H2,1-2H3,(H,25,26,28). The van der Waals surface area contributed by atoms with E-state index in [0.717, 1.165) is 6.07 Å². The van der Waals surface area contributed by atoms with Crippen LogP contribution in [0.15, 0.2) is 35.4 Å². The predicted molar refractivity (Wildman–Crippen MR) is 115 cm³/mol. The fourth-order valence-corrected chi connectivity index (χ4v) is 4.49. The SMILES string of the molecule is CCN(CC)S(=O)(=O)c1ccc(Cl)c(C(=O)OCC(=O)Nc2ncc(C(F)(F)F)cc2Cl)c1. The van der Waals surface area contributed by atoms with Crippen molar-refractivity contribution < 1.29 is 35.9 Å². The first kappa shape index (κ1) is 26.8. The van der Waals surface area contributed by atoms with E-state index in [1.807, 2.05) is 0 Å². The van der Waals surface area contributed by atoms with Gasteiger partial charge in [0.2, 0.25) is 10.0 Å². The molecule has 14 heteroatoms. The summed E-state index contributed by atoms with van der Waals surface area (Å²) in [6.45, 7) is 2.87. The molecule has 2 rings (SSSR count). The van der Waals surface area contributed by atoms with Gasteiger partial charge in [-0.15, -0.1) is 0 Å². The van der Waals surface area contributed by atoms with Gasteiger partial charge in [-0.2, -0.15) is 17.5 Å². The molecule has 0 saturated heterocycles. The van der Waals surface area contributed by atoms with Crippen LogP contribution in [0.5, 0.6) is 0 Å². The van der Waals surface area contributed by atoms with Gasteiger partial charge in [-0.25, -0.2) is 18.2 Å². The Hall–Kier alpha value is -2.41. The Bertz CT molecular complexity index is 1160. The minimum Gasteiger partial charge on any atom is -0.452 e. The average Bonchev–Trinajstić information content (AvgIpc) is 2.73. The number of nitrogens with zero attached hydrogens (tertiary/aromatic N) is 2. The van der Waals surface area contributed by atoms with Gasteiger partial charge in [0.05, 0.1) is 26.1 Å². The van der Waals surface area contributed by atoms with Crippen LogP contribution in [0.3, 0.4) is 0 Å². The molecule has 0 atom stereocenters. The molecule has 2 aromatic rings. The van der Waals surface area contributed by atoms with E-state index in [2.05, 4.69) is 10.3 Å². The number of carbonyl (C=O) groups is 2. The van der Waals surface area contributed by atoms with Crippen molar-refractivity contribution in [2.24, 2.45) is 0 Å². The molecule has 1 heterocycles. The number of esters is 1. The Labute approximate surface area is 197 Å². The van der Waals surface area contributed by atoms with Crippen LogP contribution in [0.4, 0.5) is 19.0 Å². The van der Waals surface area contributed by atoms with E-state index in [1.54, 1.807) is 13.8 Å². The first-order chi connectivity index (χ1) is 15.3. The zero-order chi connectivity index (χ0) is 25.0. The average molecular weight is 528 g/mol. The zero-order valence-corrected chi connectivity index (χ0v) is 19.6. The minimum atomic E-state index is -4.67. The molecule has 0 saturated carbocycles. The van der Waals surface area contributed by atoms with Gasteiger partial charge >= 0.3 is 12.1 Å². The third-order valence-electron chi connectivity index (χ3n) is 4.26. The molecular formula is C19H18Cl2F3N3O5S. The Kier molecular flexibility index (Phi) is 8.69. The lowest BCUT2D eigenvalue weighted by atomic mass is 10.2. The molecule has 8 nitrogen and oxygen atoms in total. The van der Waals surface area contributed by atoms with Crippen LogP contribution in [-0.4, -0.2) is 49.3 Å². The molecule has 1 aromatic carbocycles. The molecular weight excluding hydrogens is 510 g/mol. The van der Waals surface area contributed by atoms with Crippen LogP contribution in [0.1, 0.15) is 29.8 Å². The molecule has 0 spiro atoms. The van der Waals surface area contributed by atoms with Crippen LogP contribution in [0, 0.1) is 0 Å². The fraction of sp³-hybridized carbons (Fsp3) is 0.316. The van der Waals surface area contributed by atoms with Gasteiger partial charge in [0.25, 0.3) is 5.91 Å². The van der Waals surface area contributed by atoms with Gasteiger partial charge in [0.15, 0.2) is 12.4 Å². The van der Waals surface area contributed by atoms with E-state index in [0.29, 0.717) is 12.3 Å². The number of benzene rings is 1. The lowest BCUT2D eigenvalue weighted by Crippen LogP contribution is -2.30. The van der Waals surface area contributed by atoms with E-state index in [1.165, 1.54) is 16.4 Å². The maximum absolute atomic E-state index is 12.7. The summed E-state index contributed by atoms with van der Waals surface area (Å²) < 4.78 is 69.3. The van der Waals surface area contributed by atoms with Crippen LogP contribution in [0.25, 0.3) is 0 Å². The fourth-order valence-electron chi connectivity index (χ4n) is 2.60. The monoisotopic (exact) mass is 527 g/mol. The zero-order valence-electron chi connectivity index (χ0n) is 17.2. The third kappa shape index (κ3) is 6.56. The van der Waals surface area contributed by atoms with Gasteiger partial charge in [-0.05, 0) is 24.3 Å². The van der Waals surface area contributed by atoms with Gasteiger partial charge < -0.3 is 10.1 Å². The number of pyridine rings is 1. The highest BCUT2D eigenvalue weighted by molar-refractivity contribution is 7.89. The summed E-state index contributed by atoms with van der Waals surface area (Å²) in [5, 5.41) is 1.54. The number of sulfonamides is 1. The number of alkyl halides is 3. The van der Waals surface area contributed by atoms with E-state index in [9.17, 15) is 31.2 Å². The molecule has 1 amide bonds. The highest BCUT2D eigenvalue weighted by Gasteiger charge is 2.32. The molecule has 33 heavy (non-hydrogen) atoms. The van der Waals surface area contributed by atoms with Gasteiger partial charge in [-0.1, -0.05) is 37.0 Å². The highest BCUT2D eigenvalue weighted by Crippen LogP contribution is 2.32. The van der Waals surface area contributed by atoms with E-state index >= 15 is 0 Å². The van der Waals surface area contributed by atoms with Crippen LogP contribution < -0.4 is 5.32 Å². The van der Waals surface area contributed by atoms with Crippen molar-refractivity contribution in [3.63, 3.8) is 0 Å². The smallest absolute Gasteiger partial charge is 0.417 e. The molecule has 180 valence electrons. The van der Waals surface area contributed by atoms with Crippen molar-refractivity contribution in [3.8, 4) is 0 Å². The van der Waals surface area contributed by atoms with E-state index in [4.69, 9.17) is 27.9 Å². The van der Waals surface area contributed by atoms with Crippen LogP contribution in [-0.2, 0) is 25.7 Å². The Balaban J connectivity index is 2.11. The Morgan fingerprint density at radius 3 is 2.30 bits per heavy atom. The Morgan fingerprint density at radius 1 is 1.12 bits per heavy atom. The third-order valence-corrected chi connectivity index (χ3v) is 6.93. The number of rotatable bonds is 8. The molecule has 1 N–H and O–H groups in total. The molecule has 0 bridgehead atoms. The summed E-state index contributed by atoms with van der Waals surface area (Å²) >= 11 is 11.7. The van der Waals surface area contributed by atoms with E-state index in [-0.39, 0.29) is 34.4 Å². The highest BCUT2D eigenvalue weighted by atomic mass is 35.5. The second-order valence-corrected chi connectivity index (χ2v) is 9.16. The van der Waals surface area contributed by atoms with E-state index < -0.39 is 45.3 Å². The molecule has 0 radical (unpaired) electrons. The maximum atomic E-state index is 12.7. The first-order valence-electron chi connectivity index (χ1n) is 9.30. The summed E-state index contributed by atoms with van der Waals surface area (Å²) in [7, 11) is -3.88. The van der Waals surface area contributed by atoms with Crippen molar-refractivity contribution in [1.82, 2.24) is 9.29 Å². The molecule has 0 aliphatic heterocycles. The molecule has 1 aromatic heterocycles. The predicted octanol–water partition coefficient (Wildman–Crippen LogP) is 4.23. The number of aromatic nitrogens is 1. The van der Waals surface area contributed by atoms with Crippen LogP contribution >= 0.6 is 23.2 Å². The second-order valence-electron chi connectivity index (χ2n) is 6.41. The lowest BCUT2D eigenvalue weighted by Gasteiger charge is -2.19. The summed E-state index contributed by atoms with van der Waals surface area (Å²) in [5.74, 6) is -2.39. The van der Waals surface area contributed by atoms with Crippen molar-refractivity contribution in [3.05, 3.63) is 51.6 Å². The first-order valence-corrected chi connectivity index (χ1v) is 11.5. The molecule has 0 fully saturated rings. The van der Waals surface area contributed by atoms with Crippen molar-refractivity contribution >= 4 is 50.9 Å². The lowest BCUT2D eigenvalue weighted by molar-refractivity contribution is -0.137. The summed E-state index contributed by atoms with van der Waals surface area (Å²) in [4.78, 5) is 27.6. The van der Waals surface area contributed by atoms with Crippen molar-refractivity contribution in [1.29, 1.82) is 0 Å². The van der Waals surface area contributed by atoms with Crippen molar-refractivity contribution in [2.45, 2.75) is 24.9 Å². The number of halogens is 5. The number of carbonyl (C=O) groups excluding carboxylic acids is 2. The normalized spacial score (nSPS) is 12.0. The van der Waals surface area contributed by atoms with Gasteiger partial charge in [0, 0.05) is 19.3 Å². The number of anilines is 1. The van der Waals surface area contributed by atoms with Gasteiger partial charge in [0.1, 0.15) is 0 Å². The number of ether oxygens (including phenoxy) is 1. The second kappa shape index (κ2) is 10.7. The van der Waals surface area contributed by atoms with Crippen molar-refractivity contribution in [2.75, 3.05) is 25.0 Å². The summed E-state index contributed by atoms with van der Waals surface area (Å²) in [6.07, 6.45) is -4.18. The summed E-state index contributed by atoms with van der Waals surface area (Å²) in [6, 6.07) is 4.06. The largest absolute Gasteiger partial charge is 0.452 e. The number of hydrogen-bond donors (Lipinski definition) is 1. The number of amides is 1. The number of nitrogens with one attached hydrogen (secondary N) is 1. The maximum Gasteiger partial charge on any atom is 0.417 e. The number of hydrogen-bond acceptors (Lipinski definition) is 6. The quantitative estimate of drug-likeness (QED) is 0.515. The molecule has 0 unspecified atom stereocenters. The molecule has 0 aliphatic rings. The topological polar surface area (TPSA) is 106 Å². The molecule has 0 aliphatic carbocycles. The summed E-state index contributed by atoms with van der Waals surface area (Å²) in [5.41, 5.74) is -1.39.